The SMILES string of the molecule is COc1cc(CN2C[C@H]3CCCN3C(=O)[C@@H]2C)cc2c1OCO2. The zero-order valence-corrected chi connectivity index (χ0v) is 13.6. The number of hydrogen-bond acceptors (Lipinski definition) is 5. The third kappa shape index (κ3) is 2.41. The van der Waals surface area contributed by atoms with Crippen molar-refractivity contribution in [3.8, 4) is 17.2 Å². The summed E-state index contributed by atoms with van der Waals surface area (Å²) in [5, 5.41) is 0. The standard InChI is InChI=1S/C17H22N2O4/c1-11-17(20)19-5-3-4-13(19)9-18(11)8-12-6-14(21-2)16-15(7-12)22-10-23-16/h6-7,11,13H,3-5,8-10H2,1-2H3/t11-,13+/m0/s1. The number of carbonyl (C=O) groups is 1. The molecule has 0 saturated carbocycles. The first-order valence-electron chi connectivity index (χ1n) is 8.18. The van der Waals surface area contributed by atoms with E-state index < -0.39 is 0 Å². The van der Waals surface area contributed by atoms with Crippen LogP contribution in [0.15, 0.2) is 12.1 Å². The minimum Gasteiger partial charge on any atom is -0.493 e. The third-order valence-electron chi connectivity index (χ3n) is 5.11. The second kappa shape index (κ2) is 5.60. The lowest BCUT2D eigenvalue weighted by atomic mass is 10.1. The number of rotatable bonds is 3. The number of hydrogen-bond donors (Lipinski definition) is 0. The number of ether oxygens (including phenoxy) is 3. The van der Waals surface area contributed by atoms with E-state index in [0.29, 0.717) is 24.1 Å². The molecule has 2 fully saturated rings. The number of piperazine rings is 1. The Morgan fingerprint density at radius 1 is 1.35 bits per heavy atom. The first-order valence-corrected chi connectivity index (χ1v) is 8.18. The minimum atomic E-state index is -0.0826. The van der Waals surface area contributed by atoms with Crippen molar-refractivity contribution in [2.75, 3.05) is 27.0 Å². The zero-order chi connectivity index (χ0) is 16.0. The third-order valence-corrected chi connectivity index (χ3v) is 5.11. The highest BCUT2D eigenvalue weighted by Crippen LogP contribution is 2.42. The number of fused-ring (bicyclic) bond motifs is 2. The Bertz CT molecular complexity index is 633. The summed E-state index contributed by atoms with van der Waals surface area (Å²) in [6.07, 6.45) is 2.23. The smallest absolute Gasteiger partial charge is 0.239 e. The molecule has 0 bridgehead atoms. The molecule has 0 unspecified atom stereocenters. The van der Waals surface area contributed by atoms with Crippen LogP contribution in [0.2, 0.25) is 0 Å². The number of amides is 1. The quantitative estimate of drug-likeness (QED) is 0.848. The topological polar surface area (TPSA) is 51.2 Å². The van der Waals surface area contributed by atoms with Gasteiger partial charge in [0.1, 0.15) is 0 Å². The van der Waals surface area contributed by atoms with Crippen molar-refractivity contribution in [2.45, 2.75) is 38.4 Å². The van der Waals surface area contributed by atoms with Gasteiger partial charge in [-0.3, -0.25) is 9.69 Å². The monoisotopic (exact) mass is 318 g/mol. The average molecular weight is 318 g/mol. The van der Waals surface area contributed by atoms with Crippen molar-refractivity contribution in [3.05, 3.63) is 17.7 Å². The van der Waals surface area contributed by atoms with Gasteiger partial charge in [0, 0.05) is 25.7 Å². The molecule has 0 spiro atoms. The average Bonchev–Trinajstić information content (AvgIpc) is 3.20. The van der Waals surface area contributed by atoms with Crippen LogP contribution in [0.5, 0.6) is 17.2 Å². The van der Waals surface area contributed by atoms with Crippen LogP contribution in [0.25, 0.3) is 0 Å². The number of methoxy groups -OCH3 is 1. The maximum absolute atomic E-state index is 12.5. The summed E-state index contributed by atoms with van der Waals surface area (Å²) in [4.78, 5) is 16.8. The van der Waals surface area contributed by atoms with Crippen LogP contribution >= 0.6 is 0 Å². The first kappa shape index (κ1) is 14.6. The fourth-order valence-electron chi connectivity index (χ4n) is 3.85. The Hall–Kier alpha value is -1.95. The van der Waals surface area contributed by atoms with E-state index in [1.54, 1.807) is 7.11 Å². The largest absolute Gasteiger partial charge is 0.493 e. The van der Waals surface area contributed by atoms with Crippen LogP contribution in [0.4, 0.5) is 0 Å². The fraction of sp³-hybridized carbons (Fsp3) is 0.588. The Labute approximate surface area is 135 Å². The van der Waals surface area contributed by atoms with Crippen molar-refractivity contribution in [1.82, 2.24) is 9.80 Å². The summed E-state index contributed by atoms with van der Waals surface area (Å²) in [6, 6.07) is 4.25. The van der Waals surface area contributed by atoms with Crippen LogP contribution < -0.4 is 14.2 Å². The second-order valence-electron chi connectivity index (χ2n) is 6.46. The molecule has 6 nitrogen and oxygen atoms in total. The molecule has 0 radical (unpaired) electrons. The van der Waals surface area contributed by atoms with E-state index in [-0.39, 0.29) is 18.7 Å². The predicted octanol–water partition coefficient (Wildman–Crippen LogP) is 1.62. The minimum absolute atomic E-state index is 0.0826. The molecule has 1 amide bonds. The van der Waals surface area contributed by atoms with Gasteiger partial charge in [-0.05, 0) is 37.5 Å². The van der Waals surface area contributed by atoms with Crippen molar-refractivity contribution < 1.29 is 19.0 Å². The molecular weight excluding hydrogens is 296 g/mol. The molecule has 0 aliphatic carbocycles. The number of nitrogens with zero attached hydrogens (tertiary/aromatic N) is 2. The maximum atomic E-state index is 12.5. The van der Waals surface area contributed by atoms with Gasteiger partial charge in [0.05, 0.1) is 13.2 Å². The van der Waals surface area contributed by atoms with Crippen LogP contribution in [0, 0.1) is 0 Å². The highest BCUT2D eigenvalue weighted by molar-refractivity contribution is 5.83. The van der Waals surface area contributed by atoms with Gasteiger partial charge < -0.3 is 19.1 Å². The van der Waals surface area contributed by atoms with E-state index in [2.05, 4.69) is 9.80 Å². The van der Waals surface area contributed by atoms with Crippen molar-refractivity contribution in [3.63, 3.8) is 0 Å². The van der Waals surface area contributed by atoms with Gasteiger partial charge in [-0.15, -0.1) is 0 Å². The molecule has 124 valence electrons. The van der Waals surface area contributed by atoms with Gasteiger partial charge in [-0.1, -0.05) is 0 Å². The lowest BCUT2D eigenvalue weighted by molar-refractivity contribution is -0.143. The Kier molecular flexibility index (Phi) is 3.56. The zero-order valence-electron chi connectivity index (χ0n) is 13.6. The van der Waals surface area contributed by atoms with E-state index in [0.717, 1.165) is 37.2 Å². The molecule has 4 rings (SSSR count). The summed E-state index contributed by atoms with van der Waals surface area (Å²) in [5.74, 6) is 2.33. The molecule has 0 aromatic heterocycles. The summed E-state index contributed by atoms with van der Waals surface area (Å²) in [7, 11) is 1.63. The van der Waals surface area contributed by atoms with Crippen molar-refractivity contribution in [2.24, 2.45) is 0 Å². The van der Waals surface area contributed by atoms with Crippen molar-refractivity contribution >= 4 is 5.91 Å². The normalized spacial score (nSPS) is 26.5. The lowest BCUT2D eigenvalue weighted by Gasteiger charge is -2.41. The van der Waals surface area contributed by atoms with Crippen LogP contribution in [-0.4, -0.2) is 54.8 Å². The highest BCUT2D eigenvalue weighted by Gasteiger charge is 2.40. The summed E-state index contributed by atoms with van der Waals surface area (Å²) < 4.78 is 16.3. The molecule has 2 saturated heterocycles. The molecule has 1 aromatic rings. The second-order valence-corrected chi connectivity index (χ2v) is 6.46. The summed E-state index contributed by atoms with van der Waals surface area (Å²) in [6.45, 7) is 4.79. The number of carbonyl (C=O) groups excluding carboxylic acids is 1. The van der Waals surface area contributed by atoms with Crippen LogP contribution in [-0.2, 0) is 11.3 Å². The fourth-order valence-corrected chi connectivity index (χ4v) is 3.85. The molecule has 1 aromatic carbocycles. The predicted molar refractivity (Wildman–Crippen MR) is 83.7 cm³/mol. The lowest BCUT2D eigenvalue weighted by Crippen LogP contribution is -2.58. The highest BCUT2D eigenvalue weighted by atomic mass is 16.7. The van der Waals surface area contributed by atoms with Crippen LogP contribution in [0.3, 0.4) is 0 Å². The van der Waals surface area contributed by atoms with E-state index in [1.165, 1.54) is 0 Å². The Morgan fingerprint density at radius 2 is 2.22 bits per heavy atom. The molecule has 3 aliphatic heterocycles. The summed E-state index contributed by atoms with van der Waals surface area (Å²) in [5.41, 5.74) is 1.08. The van der Waals surface area contributed by atoms with E-state index in [9.17, 15) is 4.79 Å². The van der Waals surface area contributed by atoms with Gasteiger partial charge in [-0.25, -0.2) is 0 Å². The van der Waals surface area contributed by atoms with E-state index in [4.69, 9.17) is 14.2 Å². The summed E-state index contributed by atoms with van der Waals surface area (Å²) >= 11 is 0. The molecule has 3 aliphatic rings. The molecule has 0 N–H and O–H groups in total. The Balaban J connectivity index is 1.57. The van der Waals surface area contributed by atoms with Gasteiger partial charge in [0.2, 0.25) is 18.4 Å². The van der Waals surface area contributed by atoms with Crippen molar-refractivity contribution in [1.29, 1.82) is 0 Å². The van der Waals surface area contributed by atoms with Gasteiger partial charge in [0.15, 0.2) is 11.5 Å². The van der Waals surface area contributed by atoms with Gasteiger partial charge in [-0.2, -0.15) is 0 Å². The maximum Gasteiger partial charge on any atom is 0.239 e. The molecule has 3 heterocycles. The first-order chi connectivity index (χ1) is 11.2. The van der Waals surface area contributed by atoms with Gasteiger partial charge >= 0.3 is 0 Å². The molecule has 2 atom stereocenters. The molecular formula is C17H22N2O4. The van der Waals surface area contributed by atoms with E-state index >= 15 is 0 Å². The Morgan fingerprint density at radius 3 is 3.04 bits per heavy atom. The number of benzene rings is 1. The van der Waals surface area contributed by atoms with Gasteiger partial charge in [0.25, 0.3) is 0 Å². The molecule has 6 heteroatoms. The van der Waals surface area contributed by atoms with Crippen LogP contribution in [0.1, 0.15) is 25.3 Å². The van der Waals surface area contributed by atoms with E-state index in [1.807, 2.05) is 19.1 Å². The molecule has 23 heavy (non-hydrogen) atoms.